The molecule has 1 aliphatic rings. The molecule has 0 saturated heterocycles. The minimum atomic E-state index is -4.50. The highest BCUT2D eigenvalue weighted by atomic mass is 32.1. The number of alkyl halides is 3. The molecule has 3 aromatic rings. The van der Waals surface area contributed by atoms with Gasteiger partial charge in [-0.15, -0.1) is 0 Å². The molecule has 1 N–H and O–H groups in total. The average Bonchev–Trinajstić information content (AvgIpc) is 3.19. The molecule has 180 valence electrons. The van der Waals surface area contributed by atoms with Gasteiger partial charge in [-0.2, -0.15) is 31.8 Å². The quantitative estimate of drug-likeness (QED) is 0.537. The van der Waals surface area contributed by atoms with Gasteiger partial charge in [0.05, 0.1) is 41.4 Å². The van der Waals surface area contributed by atoms with Crippen molar-refractivity contribution in [3.63, 3.8) is 0 Å². The molecule has 4 rings (SSSR count). The standard InChI is InChI=1S/C22H19F4N5O2.H2S/c1-11-6-14(4-5-16(11)22(24,25)26)30-10-12(2)31-19(21(30)33)15(7-28-31)20(32)29-18-9-27-8-17(23)13(18)3;/h4-9,12H,10H2,1-3H3,(H,29,32);1H2/t12-;/m0./s1. The van der Waals surface area contributed by atoms with E-state index >= 15 is 0 Å². The number of hydrogen-bond donors (Lipinski definition) is 1. The molecule has 2 amide bonds. The van der Waals surface area contributed by atoms with Crippen LogP contribution >= 0.6 is 13.5 Å². The summed E-state index contributed by atoms with van der Waals surface area (Å²) in [6, 6.07) is 3.11. The Morgan fingerprint density at radius 2 is 1.88 bits per heavy atom. The summed E-state index contributed by atoms with van der Waals surface area (Å²) in [6.07, 6.45) is -0.964. The molecule has 3 heterocycles. The van der Waals surface area contributed by atoms with Crippen molar-refractivity contribution in [2.75, 3.05) is 16.8 Å². The second kappa shape index (κ2) is 9.09. The monoisotopic (exact) mass is 495 g/mol. The van der Waals surface area contributed by atoms with Crippen LogP contribution in [0.1, 0.15) is 50.5 Å². The molecule has 34 heavy (non-hydrogen) atoms. The van der Waals surface area contributed by atoms with E-state index in [9.17, 15) is 27.2 Å². The molecule has 0 aliphatic carbocycles. The van der Waals surface area contributed by atoms with Crippen molar-refractivity contribution in [2.24, 2.45) is 0 Å². The molecule has 1 aliphatic heterocycles. The number of amides is 2. The third kappa shape index (κ3) is 4.37. The van der Waals surface area contributed by atoms with Gasteiger partial charge in [-0.1, -0.05) is 0 Å². The third-order valence-corrected chi connectivity index (χ3v) is 5.58. The fraction of sp³-hybridized carbons (Fsp3) is 0.273. The number of halogens is 4. The lowest BCUT2D eigenvalue weighted by Gasteiger charge is -2.32. The number of aromatic nitrogens is 3. The van der Waals surface area contributed by atoms with Crippen molar-refractivity contribution in [1.29, 1.82) is 0 Å². The Morgan fingerprint density at radius 3 is 2.53 bits per heavy atom. The Balaban J connectivity index is 0.00000324. The largest absolute Gasteiger partial charge is 0.416 e. The third-order valence-electron chi connectivity index (χ3n) is 5.58. The average molecular weight is 496 g/mol. The van der Waals surface area contributed by atoms with Crippen LogP contribution in [0.5, 0.6) is 0 Å². The lowest BCUT2D eigenvalue weighted by Crippen LogP contribution is -2.43. The van der Waals surface area contributed by atoms with Crippen molar-refractivity contribution < 1.29 is 27.2 Å². The summed E-state index contributed by atoms with van der Waals surface area (Å²) >= 11 is 0. The first-order chi connectivity index (χ1) is 15.5. The van der Waals surface area contributed by atoms with Crippen molar-refractivity contribution >= 4 is 36.7 Å². The van der Waals surface area contributed by atoms with Gasteiger partial charge in [0.25, 0.3) is 11.8 Å². The maximum Gasteiger partial charge on any atom is 0.416 e. The molecule has 2 aromatic heterocycles. The van der Waals surface area contributed by atoms with Gasteiger partial charge in [0.1, 0.15) is 11.5 Å². The lowest BCUT2D eigenvalue weighted by atomic mass is 10.0. The van der Waals surface area contributed by atoms with Gasteiger partial charge in [0.15, 0.2) is 0 Å². The number of benzene rings is 1. The predicted octanol–water partition coefficient (Wildman–Crippen LogP) is 4.64. The number of carbonyl (C=O) groups is 2. The first kappa shape index (κ1) is 25.2. The molecule has 7 nitrogen and oxygen atoms in total. The van der Waals surface area contributed by atoms with E-state index in [-0.39, 0.29) is 59.8 Å². The number of rotatable bonds is 3. The van der Waals surface area contributed by atoms with Gasteiger partial charge in [-0.05, 0) is 44.5 Å². The zero-order chi connectivity index (χ0) is 24.1. The second-order valence-corrected chi connectivity index (χ2v) is 7.86. The number of nitrogens with one attached hydrogen (secondary N) is 1. The summed E-state index contributed by atoms with van der Waals surface area (Å²) in [6.45, 7) is 4.73. The van der Waals surface area contributed by atoms with Crippen molar-refractivity contribution in [1.82, 2.24) is 14.8 Å². The molecule has 12 heteroatoms. The summed E-state index contributed by atoms with van der Waals surface area (Å²) in [5.74, 6) is -1.86. The Morgan fingerprint density at radius 1 is 1.18 bits per heavy atom. The van der Waals surface area contributed by atoms with E-state index in [1.807, 2.05) is 0 Å². The Bertz CT molecular complexity index is 1270. The normalized spacial score (nSPS) is 15.6. The van der Waals surface area contributed by atoms with Gasteiger partial charge < -0.3 is 10.2 Å². The van der Waals surface area contributed by atoms with Crippen molar-refractivity contribution in [3.05, 3.63) is 70.6 Å². The number of anilines is 2. The fourth-order valence-corrected chi connectivity index (χ4v) is 3.80. The first-order valence-electron chi connectivity index (χ1n) is 9.97. The van der Waals surface area contributed by atoms with Gasteiger partial charge in [0.2, 0.25) is 0 Å². The van der Waals surface area contributed by atoms with E-state index in [0.717, 1.165) is 12.3 Å². The molecule has 0 radical (unpaired) electrons. The summed E-state index contributed by atoms with van der Waals surface area (Å²) in [4.78, 5) is 31.2. The predicted molar refractivity (Wildman–Crippen MR) is 122 cm³/mol. The number of aryl methyl sites for hydroxylation is 1. The van der Waals surface area contributed by atoms with Crippen LogP contribution in [-0.4, -0.2) is 33.1 Å². The Labute approximate surface area is 199 Å². The van der Waals surface area contributed by atoms with Crippen LogP contribution in [0.2, 0.25) is 0 Å². The number of hydrogen-bond acceptors (Lipinski definition) is 4. The molecule has 0 fully saturated rings. The fourth-order valence-electron chi connectivity index (χ4n) is 3.80. The van der Waals surface area contributed by atoms with E-state index in [0.29, 0.717) is 0 Å². The van der Waals surface area contributed by atoms with E-state index in [2.05, 4.69) is 15.4 Å². The minimum Gasteiger partial charge on any atom is -0.320 e. The lowest BCUT2D eigenvalue weighted by molar-refractivity contribution is -0.138. The van der Waals surface area contributed by atoms with E-state index < -0.39 is 29.4 Å². The maximum absolute atomic E-state index is 13.8. The summed E-state index contributed by atoms with van der Waals surface area (Å²) in [7, 11) is 0. The zero-order valence-corrected chi connectivity index (χ0v) is 19.4. The van der Waals surface area contributed by atoms with Crippen LogP contribution in [0.25, 0.3) is 0 Å². The molecular formula is C22H21F4N5O2S. The van der Waals surface area contributed by atoms with Crippen LogP contribution in [0.15, 0.2) is 36.8 Å². The van der Waals surface area contributed by atoms with Crippen molar-refractivity contribution in [3.8, 4) is 0 Å². The smallest absolute Gasteiger partial charge is 0.320 e. The van der Waals surface area contributed by atoms with E-state index in [1.165, 1.54) is 48.0 Å². The molecule has 0 bridgehead atoms. The number of pyridine rings is 1. The summed E-state index contributed by atoms with van der Waals surface area (Å²) < 4.78 is 54.6. The highest BCUT2D eigenvalue weighted by molar-refractivity contribution is 7.59. The van der Waals surface area contributed by atoms with Crippen LogP contribution < -0.4 is 10.2 Å². The second-order valence-electron chi connectivity index (χ2n) is 7.86. The highest BCUT2D eigenvalue weighted by Crippen LogP contribution is 2.35. The maximum atomic E-state index is 13.8. The SMILES string of the molecule is Cc1cc(N2C[C@H](C)n3ncc(C(=O)Nc4cncc(F)c4C)c3C2=O)ccc1C(F)(F)F.S. The first-order valence-corrected chi connectivity index (χ1v) is 9.97. The topological polar surface area (TPSA) is 80.1 Å². The highest BCUT2D eigenvalue weighted by Gasteiger charge is 2.37. The van der Waals surface area contributed by atoms with Crippen LogP contribution in [0.4, 0.5) is 28.9 Å². The van der Waals surface area contributed by atoms with Gasteiger partial charge in [-0.25, -0.2) is 4.39 Å². The van der Waals surface area contributed by atoms with Crippen LogP contribution in [0.3, 0.4) is 0 Å². The van der Waals surface area contributed by atoms with E-state index in [1.54, 1.807) is 6.92 Å². The van der Waals surface area contributed by atoms with Gasteiger partial charge >= 0.3 is 6.18 Å². The number of carbonyl (C=O) groups excluding carboxylic acids is 2. The molecule has 0 unspecified atom stereocenters. The van der Waals surface area contributed by atoms with Gasteiger partial charge in [0, 0.05) is 17.8 Å². The summed E-state index contributed by atoms with van der Waals surface area (Å²) in [5.41, 5.74) is -0.247. The van der Waals surface area contributed by atoms with Crippen LogP contribution in [-0.2, 0) is 6.18 Å². The van der Waals surface area contributed by atoms with Gasteiger partial charge in [-0.3, -0.25) is 19.3 Å². The molecule has 1 atom stereocenters. The number of fused-ring (bicyclic) bond motifs is 1. The Kier molecular flexibility index (Phi) is 6.74. The molecular weight excluding hydrogens is 474 g/mol. The summed E-state index contributed by atoms with van der Waals surface area (Å²) in [5, 5.41) is 6.69. The molecule has 0 saturated carbocycles. The van der Waals surface area contributed by atoms with E-state index in [4.69, 9.17) is 0 Å². The Hall–Kier alpha value is -3.41. The van der Waals surface area contributed by atoms with Crippen molar-refractivity contribution in [2.45, 2.75) is 33.0 Å². The zero-order valence-electron chi connectivity index (χ0n) is 18.4. The minimum absolute atomic E-state index is 0. The molecule has 0 spiro atoms. The van der Waals surface area contributed by atoms with Crippen LogP contribution in [0, 0.1) is 19.7 Å². The number of nitrogens with zero attached hydrogens (tertiary/aromatic N) is 4. The molecule has 1 aromatic carbocycles.